The lowest BCUT2D eigenvalue weighted by atomic mass is 9.78. The average molecular weight is 353 g/mol. The molecule has 0 aliphatic carbocycles. The van der Waals surface area contributed by atoms with Crippen molar-refractivity contribution >= 4 is 11.8 Å². The maximum Gasteiger partial charge on any atom is 0.289 e. The van der Waals surface area contributed by atoms with E-state index in [9.17, 15) is 9.59 Å². The molecule has 2 amide bonds. The number of carbonyl (C=O) groups excluding carboxylic acids is 2. The molecule has 2 aliphatic heterocycles. The van der Waals surface area contributed by atoms with Crippen LogP contribution in [0, 0.1) is 12.3 Å². The normalized spacial score (nSPS) is 23.0. The third-order valence-corrected chi connectivity index (χ3v) is 5.51. The Bertz CT molecular complexity index is 817. The Kier molecular flexibility index (Phi) is 4.26. The van der Waals surface area contributed by atoms with Gasteiger partial charge in [-0.05, 0) is 49.9 Å². The van der Waals surface area contributed by atoms with Crippen molar-refractivity contribution in [2.75, 3.05) is 19.6 Å². The second kappa shape index (κ2) is 6.59. The summed E-state index contributed by atoms with van der Waals surface area (Å²) >= 11 is 0. The Labute approximate surface area is 152 Å². The molecule has 2 aromatic heterocycles. The van der Waals surface area contributed by atoms with Gasteiger partial charge in [0.05, 0.1) is 5.41 Å². The van der Waals surface area contributed by atoms with Gasteiger partial charge in [0.15, 0.2) is 5.76 Å². The SMILES string of the molecule is Cc1ccc(C(=O)N2CCC[C@@]3(CCN(Cc4cccnc4)C3=O)C2)o1. The lowest BCUT2D eigenvalue weighted by Gasteiger charge is -2.38. The Morgan fingerprint density at radius 3 is 2.88 bits per heavy atom. The first-order valence-electron chi connectivity index (χ1n) is 9.11. The molecular formula is C20H23N3O3. The summed E-state index contributed by atoms with van der Waals surface area (Å²) in [5, 5.41) is 0. The fourth-order valence-electron chi connectivity index (χ4n) is 4.14. The number of likely N-dealkylation sites (tertiary alicyclic amines) is 2. The second-order valence-corrected chi connectivity index (χ2v) is 7.36. The molecule has 6 nitrogen and oxygen atoms in total. The van der Waals surface area contributed by atoms with Crippen molar-refractivity contribution in [3.8, 4) is 0 Å². The minimum Gasteiger partial charge on any atom is -0.456 e. The van der Waals surface area contributed by atoms with E-state index in [0.717, 1.165) is 37.1 Å². The fraction of sp³-hybridized carbons (Fsp3) is 0.450. The third kappa shape index (κ3) is 3.00. The number of amides is 2. The lowest BCUT2D eigenvalue weighted by molar-refractivity contribution is -0.138. The van der Waals surface area contributed by atoms with Crippen LogP contribution in [0.2, 0.25) is 0 Å². The van der Waals surface area contributed by atoms with Crippen molar-refractivity contribution in [3.63, 3.8) is 0 Å². The van der Waals surface area contributed by atoms with Gasteiger partial charge >= 0.3 is 0 Å². The molecule has 0 aromatic carbocycles. The molecule has 2 aliphatic rings. The van der Waals surface area contributed by atoms with Crippen molar-refractivity contribution in [2.24, 2.45) is 5.41 Å². The van der Waals surface area contributed by atoms with Crippen LogP contribution in [0.25, 0.3) is 0 Å². The number of piperidine rings is 1. The van der Waals surface area contributed by atoms with Gasteiger partial charge in [-0.1, -0.05) is 6.07 Å². The van der Waals surface area contributed by atoms with Crippen molar-refractivity contribution in [3.05, 3.63) is 53.7 Å². The highest BCUT2D eigenvalue weighted by molar-refractivity contribution is 5.93. The quantitative estimate of drug-likeness (QED) is 0.851. The van der Waals surface area contributed by atoms with Crippen molar-refractivity contribution < 1.29 is 14.0 Å². The summed E-state index contributed by atoms with van der Waals surface area (Å²) in [4.78, 5) is 33.7. The van der Waals surface area contributed by atoms with Gasteiger partial charge in [-0.15, -0.1) is 0 Å². The second-order valence-electron chi connectivity index (χ2n) is 7.36. The predicted molar refractivity (Wildman–Crippen MR) is 95.3 cm³/mol. The molecule has 1 atom stereocenters. The van der Waals surface area contributed by atoms with E-state index in [2.05, 4.69) is 4.98 Å². The molecule has 6 heteroatoms. The Balaban J connectivity index is 1.48. The number of aryl methyl sites for hydroxylation is 1. The lowest BCUT2D eigenvalue weighted by Crippen LogP contribution is -2.49. The van der Waals surface area contributed by atoms with Crippen LogP contribution in [0.5, 0.6) is 0 Å². The minimum absolute atomic E-state index is 0.115. The van der Waals surface area contributed by atoms with Gasteiger partial charge in [-0.2, -0.15) is 0 Å². The molecule has 0 saturated carbocycles. The summed E-state index contributed by atoms with van der Waals surface area (Å²) in [6.07, 6.45) is 6.02. The first-order valence-corrected chi connectivity index (χ1v) is 9.11. The summed E-state index contributed by atoms with van der Waals surface area (Å²) in [5.41, 5.74) is 0.588. The van der Waals surface area contributed by atoms with E-state index in [1.165, 1.54) is 0 Å². The van der Waals surface area contributed by atoms with Crippen LogP contribution in [0.4, 0.5) is 0 Å². The van der Waals surface area contributed by atoms with Crippen molar-refractivity contribution in [1.82, 2.24) is 14.8 Å². The molecule has 4 rings (SSSR count). The minimum atomic E-state index is -0.447. The average Bonchev–Trinajstić information content (AvgIpc) is 3.22. The molecular weight excluding hydrogens is 330 g/mol. The molecule has 0 N–H and O–H groups in total. The molecule has 1 spiro atoms. The van der Waals surface area contributed by atoms with Gasteiger partial charge < -0.3 is 14.2 Å². The molecule has 2 saturated heterocycles. The topological polar surface area (TPSA) is 66.7 Å². The zero-order valence-corrected chi connectivity index (χ0v) is 15.0. The molecule has 0 radical (unpaired) electrons. The van der Waals surface area contributed by atoms with Crippen molar-refractivity contribution in [2.45, 2.75) is 32.7 Å². The van der Waals surface area contributed by atoms with Crippen LogP contribution in [-0.4, -0.2) is 46.2 Å². The van der Waals surface area contributed by atoms with Gasteiger partial charge in [0.25, 0.3) is 5.91 Å². The van der Waals surface area contributed by atoms with Crippen LogP contribution in [-0.2, 0) is 11.3 Å². The highest BCUT2D eigenvalue weighted by Gasteiger charge is 2.49. The summed E-state index contributed by atoms with van der Waals surface area (Å²) < 4.78 is 5.48. The molecule has 2 aromatic rings. The summed E-state index contributed by atoms with van der Waals surface area (Å²) in [7, 11) is 0. The van der Waals surface area contributed by atoms with E-state index in [1.807, 2.05) is 24.0 Å². The van der Waals surface area contributed by atoms with Gasteiger partial charge in [0.1, 0.15) is 5.76 Å². The third-order valence-electron chi connectivity index (χ3n) is 5.51. The first-order chi connectivity index (χ1) is 12.6. The van der Waals surface area contributed by atoms with E-state index >= 15 is 0 Å². The Morgan fingerprint density at radius 2 is 2.15 bits per heavy atom. The number of nitrogens with zero attached hydrogens (tertiary/aromatic N) is 3. The molecule has 136 valence electrons. The van der Waals surface area contributed by atoms with Gasteiger partial charge in [-0.25, -0.2) is 0 Å². The number of aromatic nitrogens is 1. The van der Waals surface area contributed by atoms with E-state index < -0.39 is 5.41 Å². The zero-order chi connectivity index (χ0) is 18.1. The Morgan fingerprint density at radius 1 is 1.27 bits per heavy atom. The summed E-state index contributed by atoms with van der Waals surface area (Å²) in [6, 6.07) is 7.38. The van der Waals surface area contributed by atoms with E-state index in [0.29, 0.717) is 25.4 Å². The summed E-state index contributed by atoms with van der Waals surface area (Å²) in [6.45, 7) is 4.30. The van der Waals surface area contributed by atoms with Crippen molar-refractivity contribution in [1.29, 1.82) is 0 Å². The van der Waals surface area contributed by atoms with E-state index in [4.69, 9.17) is 4.42 Å². The smallest absolute Gasteiger partial charge is 0.289 e. The molecule has 26 heavy (non-hydrogen) atoms. The van der Waals surface area contributed by atoms with E-state index in [1.54, 1.807) is 29.4 Å². The molecule has 2 fully saturated rings. The molecule has 4 heterocycles. The summed E-state index contributed by atoms with van der Waals surface area (Å²) in [5.74, 6) is 1.13. The van der Waals surface area contributed by atoms with Crippen LogP contribution >= 0.6 is 0 Å². The van der Waals surface area contributed by atoms with Gasteiger partial charge in [-0.3, -0.25) is 14.6 Å². The number of pyridine rings is 1. The monoisotopic (exact) mass is 353 g/mol. The highest BCUT2D eigenvalue weighted by atomic mass is 16.3. The van der Waals surface area contributed by atoms with Gasteiger partial charge in [0, 0.05) is 38.6 Å². The number of rotatable bonds is 3. The van der Waals surface area contributed by atoms with Crippen LogP contribution in [0.3, 0.4) is 0 Å². The van der Waals surface area contributed by atoms with Crippen LogP contribution in [0.1, 0.15) is 41.1 Å². The fourth-order valence-corrected chi connectivity index (χ4v) is 4.14. The Hall–Kier alpha value is -2.63. The number of hydrogen-bond donors (Lipinski definition) is 0. The number of furan rings is 1. The number of hydrogen-bond acceptors (Lipinski definition) is 4. The van der Waals surface area contributed by atoms with E-state index in [-0.39, 0.29) is 11.8 Å². The first kappa shape index (κ1) is 16.8. The highest BCUT2D eigenvalue weighted by Crippen LogP contribution is 2.41. The zero-order valence-electron chi connectivity index (χ0n) is 15.0. The molecule has 0 unspecified atom stereocenters. The maximum atomic E-state index is 13.1. The largest absolute Gasteiger partial charge is 0.456 e. The van der Waals surface area contributed by atoms with Crippen LogP contribution < -0.4 is 0 Å². The maximum absolute atomic E-state index is 13.1. The number of carbonyl (C=O) groups is 2. The predicted octanol–water partition coefficient (Wildman–Crippen LogP) is 2.64. The van der Waals surface area contributed by atoms with Gasteiger partial charge in [0.2, 0.25) is 5.91 Å². The molecule has 0 bridgehead atoms. The standard InChI is InChI=1S/C20H23N3O3/c1-15-5-6-17(26-15)18(24)23-10-3-7-20(14-23)8-11-22(19(20)25)13-16-4-2-9-21-12-16/h2,4-6,9,12H,3,7-8,10-11,13-14H2,1H3/t20-/m1/s1. The van der Waals surface area contributed by atoms with Crippen LogP contribution in [0.15, 0.2) is 41.1 Å².